The maximum Gasteiger partial charge on any atom is 0.267 e. The van der Waals surface area contributed by atoms with Gasteiger partial charge in [0.05, 0.1) is 11.3 Å². The Balaban J connectivity index is 2.19. The summed E-state index contributed by atoms with van der Waals surface area (Å²) in [5, 5.41) is 12.2. The number of phenols is 1. The van der Waals surface area contributed by atoms with Gasteiger partial charge in [-0.25, -0.2) is 0 Å². The molecule has 0 saturated heterocycles. The number of carbonyl (C=O) groups excluding carboxylic acids is 2. The number of amides is 2. The summed E-state index contributed by atoms with van der Waals surface area (Å²) < 4.78 is 0. The Morgan fingerprint density at radius 1 is 1.25 bits per heavy atom. The van der Waals surface area contributed by atoms with E-state index in [9.17, 15) is 14.7 Å². The molecule has 0 unspecified atom stereocenters. The molecular formula is C14H13N3O3. The van der Waals surface area contributed by atoms with Crippen LogP contribution < -0.4 is 11.1 Å². The van der Waals surface area contributed by atoms with Crippen molar-refractivity contribution in [3.8, 4) is 5.75 Å². The van der Waals surface area contributed by atoms with Crippen molar-refractivity contribution in [1.82, 2.24) is 4.98 Å². The lowest BCUT2D eigenvalue weighted by atomic mass is 10.2. The molecule has 2 amide bonds. The van der Waals surface area contributed by atoms with Crippen LogP contribution >= 0.6 is 0 Å². The van der Waals surface area contributed by atoms with Gasteiger partial charge >= 0.3 is 0 Å². The van der Waals surface area contributed by atoms with E-state index in [2.05, 4.69) is 10.3 Å². The van der Waals surface area contributed by atoms with Crippen LogP contribution in [-0.2, 0) is 0 Å². The molecule has 0 spiro atoms. The lowest BCUT2D eigenvalue weighted by molar-refractivity contribution is 0.0990. The highest BCUT2D eigenvalue weighted by molar-refractivity contribution is 6.05. The average molecular weight is 271 g/mol. The van der Waals surface area contributed by atoms with Crippen LogP contribution in [0.15, 0.2) is 36.5 Å². The van der Waals surface area contributed by atoms with Crippen molar-refractivity contribution in [3.05, 3.63) is 53.3 Å². The molecule has 0 aliphatic carbocycles. The van der Waals surface area contributed by atoms with Crippen LogP contribution in [0.2, 0.25) is 0 Å². The molecule has 6 nitrogen and oxygen atoms in total. The second kappa shape index (κ2) is 5.40. The van der Waals surface area contributed by atoms with E-state index >= 15 is 0 Å². The minimum Gasteiger partial charge on any atom is -0.506 e. The topological polar surface area (TPSA) is 105 Å². The number of pyridine rings is 1. The van der Waals surface area contributed by atoms with Crippen LogP contribution in [0.25, 0.3) is 0 Å². The Morgan fingerprint density at radius 3 is 2.60 bits per heavy atom. The molecule has 0 fully saturated rings. The van der Waals surface area contributed by atoms with Gasteiger partial charge in [-0.3, -0.25) is 14.6 Å². The largest absolute Gasteiger partial charge is 0.506 e. The molecule has 6 heteroatoms. The first kappa shape index (κ1) is 13.5. The molecule has 4 N–H and O–H groups in total. The van der Waals surface area contributed by atoms with Gasteiger partial charge in [0.2, 0.25) is 0 Å². The number of rotatable bonds is 3. The van der Waals surface area contributed by atoms with Crippen LogP contribution in [0.3, 0.4) is 0 Å². The highest BCUT2D eigenvalue weighted by atomic mass is 16.3. The number of primary amides is 1. The van der Waals surface area contributed by atoms with E-state index in [0.717, 1.165) is 5.56 Å². The molecule has 20 heavy (non-hydrogen) atoms. The quantitative estimate of drug-likeness (QED) is 0.734. The molecule has 0 saturated carbocycles. The van der Waals surface area contributed by atoms with E-state index < -0.39 is 11.8 Å². The van der Waals surface area contributed by atoms with Gasteiger partial charge in [-0.2, -0.15) is 0 Å². The highest BCUT2D eigenvalue weighted by Gasteiger charge is 2.10. The molecule has 0 aliphatic heterocycles. The first-order valence-electron chi connectivity index (χ1n) is 5.84. The van der Waals surface area contributed by atoms with Crippen LogP contribution in [0, 0.1) is 6.92 Å². The number of nitrogens with two attached hydrogens (primary N) is 1. The summed E-state index contributed by atoms with van der Waals surface area (Å²) in [6, 6.07) is 7.69. The lowest BCUT2D eigenvalue weighted by Gasteiger charge is -2.08. The third-order valence-electron chi connectivity index (χ3n) is 2.68. The smallest absolute Gasteiger partial charge is 0.267 e. The monoisotopic (exact) mass is 271 g/mol. The van der Waals surface area contributed by atoms with Crippen molar-refractivity contribution in [2.75, 3.05) is 5.32 Å². The van der Waals surface area contributed by atoms with Crippen LogP contribution in [0.1, 0.15) is 26.4 Å². The van der Waals surface area contributed by atoms with Crippen molar-refractivity contribution < 1.29 is 14.7 Å². The fraction of sp³-hybridized carbons (Fsp3) is 0.0714. The van der Waals surface area contributed by atoms with Gasteiger partial charge in [0.15, 0.2) is 0 Å². The molecular weight excluding hydrogens is 258 g/mol. The van der Waals surface area contributed by atoms with Crippen LogP contribution in [0.5, 0.6) is 5.75 Å². The number of aromatic nitrogens is 1. The average Bonchev–Trinajstić information content (AvgIpc) is 2.43. The highest BCUT2D eigenvalue weighted by Crippen LogP contribution is 2.24. The second-order valence-corrected chi connectivity index (χ2v) is 4.27. The number of nitrogens with zero attached hydrogens (tertiary/aromatic N) is 1. The summed E-state index contributed by atoms with van der Waals surface area (Å²) >= 11 is 0. The zero-order valence-corrected chi connectivity index (χ0v) is 10.8. The Labute approximate surface area is 115 Å². The molecule has 2 aromatic rings. The summed E-state index contributed by atoms with van der Waals surface area (Å²) in [5.74, 6) is -1.12. The first-order chi connectivity index (χ1) is 9.47. The molecule has 1 heterocycles. The van der Waals surface area contributed by atoms with E-state index in [-0.39, 0.29) is 17.0 Å². The number of hydrogen-bond donors (Lipinski definition) is 3. The maximum atomic E-state index is 12.0. The summed E-state index contributed by atoms with van der Waals surface area (Å²) in [4.78, 5) is 26.6. The Morgan fingerprint density at radius 2 is 2.00 bits per heavy atom. The third-order valence-corrected chi connectivity index (χ3v) is 2.68. The van der Waals surface area contributed by atoms with Gasteiger partial charge in [-0.15, -0.1) is 0 Å². The van der Waals surface area contributed by atoms with E-state index in [4.69, 9.17) is 5.73 Å². The molecule has 102 valence electrons. The Bertz CT molecular complexity index is 666. The van der Waals surface area contributed by atoms with E-state index in [1.807, 2.05) is 6.92 Å². The number of benzene rings is 1. The Hall–Kier alpha value is -2.89. The fourth-order valence-corrected chi connectivity index (χ4v) is 1.62. The standard InChI is InChI=1S/C14H13N3O3/c1-8-2-5-12(18)11(6-8)17-14(20)9-3-4-10(13(15)19)16-7-9/h2-7,18H,1H3,(H2,15,19)(H,17,20). The summed E-state index contributed by atoms with van der Waals surface area (Å²) in [7, 11) is 0. The Kier molecular flexibility index (Phi) is 3.65. The number of carbonyl (C=O) groups is 2. The van der Waals surface area contributed by atoms with E-state index in [1.54, 1.807) is 12.1 Å². The van der Waals surface area contributed by atoms with Gasteiger partial charge < -0.3 is 16.2 Å². The second-order valence-electron chi connectivity index (χ2n) is 4.27. The number of aromatic hydroxyl groups is 1. The zero-order chi connectivity index (χ0) is 14.7. The SMILES string of the molecule is Cc1ccc(O)c(NC(=O)c2ccc(C(N)=O)nc2)c1. The number of aryl methyl sites for hydroxylation is 1. The number of hydrogen-bond acceptors (Lipinski definition) is 4. The van der Waals surface area contributed by atoms with Crippen molar-refractivity contribution in [2.24, 2.45) is 5.73 Å². The van der Waals surface area contributed by atoms with E-state index in [0.29, 0.717) is 5.69 Å². The van der Waals surface area contributed by atoms with Crippen molar-refractivity contribution in [1.29, 1.82) is 0 Å². The predicted molar refractivity (Wildman–Crippen MR) is 73.6 cm³/mol. The van der Waals surface area contributed by atoms with E-state index in [1.165, 1.54) is 24.4 Å². The molecule has 1 aromatic heterocycles. The van der Waals surface area contributed by atoms with Gasteiger partial charge in [0.25, 0.3) is 11.8 Å². The zero-order valence-electron chi connectivity index (χ0n) is 10.8. The minimum atomic E-state index is -0.659. The molecule has 0 aliphatic rings. The molecule has 2 rings (SSSR count). The predicted octanol–water partition coefficient (Wildman–Crippen LogP) is 1.45. The van der Waals surface area contributed by atoms with Gasteiger partial charge in [0.1, 0.15) is 11.4 Å². The molecule has 0 bridgehead atoms. The summed E-state index contributed by atoms with van der Waals surface area (Å²) in [6.45, 7) is 1.85. The van der Waals surface area contributed by atoms with Gasteiger partial charge in [-0.05, 0) is 36.8 Å². The maximum absolute atomic E-state index is 12.0. The van der Waals surface area contributed by atoms with Crippen molar-refractivity contribution >= 4 is 17.5 Å². The number of anilines is 1. The van der Waals surface area contributed by atoms with Crippen molar-refractivity contribution in [2.45, 2.75) is 6.92 Å². The van der Waals surface area contributed by atoms with Gasteiger partial charge in [0, 0.05) is 6.20 Å². The van der Waals surface area contributed by atoms with Crippen LogP contribution in [0.4, 0.5) is 5.69 Å². The lowest BCUT2D eigenvalue weighted by Crippen LogP contribution is -2.16. The minimum absolute atomic E-state index is 0.0225. The van der Waals surface area contributed by atoms with Gasteiger partial charge in [-0.1, -0.05) is 6.07 Å². The summed E-state index contributed by atoms with van der Waals surface area (Å²) in [6.07, 6.45) is 1.25. The fourth-order valence-electron chi connectivity index (χ4n) is 1.62. The van der Waals surface area contributed by atoms with Crippen LogP contribution in [-0.4, -0.2) is 21.9 Å². The third kappa shape index (κ3) is 2.92. The molecule has 0 radical (unpaired) electrons. The molecule has 0 atom stereocenters. The normalized spacial score (nSPS) is 10.1. The summed E-state index contributed by atoms with van der Waals surface area (Å²) in [5.41, 5.74) is 6.63. The van der Waals surface area contributed by atoms with Crippen molar-refractivity contribution in [3.63, 3.8) is 0 Å². The number of phenolic OH excluding ortho intramolecular Hbond substituents is 1. The first-order valence-corrected chi connectivity index (χ1v) is 5.84. The molecule has 1 aromatic carbocycles. The number of nitrogens with one attached hydrogen (secondary N) is 1.